The molecular weight excluding hydrogens is 843 g/mol. The average Bonchev–Trinajstić information content (AvgIpc) is 4.02. The number of hydrogen-bond acceptors (Lipinski definition) is 9. The lowest BCUT2D eigenvalue weighted by atomic mass is 9.95. The molecule has 0 unspecified atom stereocenters. The second-order valence-electron chi connectivity index (χ2n) is 18.5. The van der Waals surface area contributed by atoms with Gasteiger partial charge in [-0.2, -0.15) is 0 Å². The Morgan fingerprint density at radius 3 is 2.54 bits per heavy atom. The van der Waals surface area contributed by atoms with E-state index < -0.39 is 43.4 Å². The molecule has 9 atom stereocenters. The Morgan fingerprint density at radius 2 is 1.83 bits per heavy atom. The van der Waals surface area contributed by atoms with Crippen molar-refractivity contribution in [1.29, 1.82) is 0 Å². The summed E-state index contributed by atoms with van der Waals surface area (Å²) >= 11 is 1.20. The summed E-state index contributed by atoms with van der Waals surface area (Å²) in [5.41, 5.74) is 2.07. The summed E-state index contributed by atoms with van der Waals surface area (Å²) in [5.74, 6) is -3.03. The number of carbonyl (C=O) groups is 4. The molecule has 1 spiro atoms. The molecular formula is C47H56FN6O7PS. The molecule has 2 aromatic carbocycles. The third-order valence-electron chi connectivity index (χ3n) is 14.2. The van der Waals surface area contributed by atoms with Gasteiger partial charge in [0.15, 0.2) is 0 Å². The molecule has 9 rings (SSSR count). The quantitative estimate of drug-likeness (QED) is 0.119. The van der Waals surface area contributed by atoms with Crippen LogP contribution < -0.4 is 14.7 Å². The summed E-state index contributed by atoms with van der Waals surface area (Å²) in [6, 6.07) is 13.7. The van der Waals surface area contributed by atoms with Crippen molar-refractivity contribution in [2.75, 3.05) is 32.1 Å². The number of benzene rings is 2. The highest BCUT2D eigenvalue weighted by Gasteiger charge is 2.59. The monoisotopic (exact) mass is 898 g/mol. The zero-order valence-corrected chi connectivity index (χ0v) is 37.9. The number of anilines is 1. The number of likely N-dealkylation sites (tertiary alicyclic amines) is 1. The predicted octanol–water partition coefficient (Wildman–Crippen LogP) is 8.22. The number of carboxylic acid groups (broad SMARTS) is 1. The Kier molecular flexibility index (Phi) is 11.7. The maximum atomic E-state index is 16.9. The lowest BCUT2D eigenvalue weighted by Crippen LogP contribution is -2.57. The molecule has 0 bridgehead atoms. The first-order valence-electron chi connectivity index (χ1n) is 22.3. The second-order valence-corrected chi connectivity index (χ2v) is 21.9. The minimum atomic E-state index is -4.54. The average molecular weight is 899 g/mol. The summed E-state index contributed by atoms with van der Waals surface area (Å²) in [4.78, 5) is 66.5. The fourth-order valence-corrected chi connectivity index (χ4v) is 14.1. The van der Waals surface area contributed by atoms with Crippen LogP contribution in [0.3, 0.4) is 0 Å². The molecule has 16 heteroatoms. The number of carboxylic acids is 1. The van der Waals surface area contributed by atoms with Crippen LogP contribution in [-0.4, -0.2) is 105 Å². The number of aliphatic carboxylic acids is 1. The van der Waals surface area contributed by atoms with Gasteiger partial charge in [0.1, 0.15) is 23.9 Å². The number of hydrogen-bond donors (Lipinski definition) is 2. The van der Waals surface area contributed by atoms with Crippen LogP contribution in [0.2, 0.25) is 0 Å². The predicted molar refractivity (Wildman–Crippen MR) is 240 cm³/mol. The molecule has 3 amide bonds. The van der Waals surface area contributed by atoms with Crippen molar-refractivity contribution in [2.24, 2.45) is 11.8 Å². The number of thiophene rings is 1. The first kappa shape index (κ1) is 43.4. The Bertz CT molecular complexity index is 2470. The number of nitrogens with zero attached hydrogens (tertiary/aromatic N) is 5. The number of amides is 3. The summed E-state index contributed by atoms with van der Waals surface area (Å²) in [5, 5.41) is 13.5. The van der Waals surface area contributed by atoms with Crippen LogP contribution >= 0.6 is 18.9 Å². The van der Waals surface area contributed by atoms with Crippen LogP contribution in [0.4, 0.5) is 10.1 Å². The van der Waals surface area contributed by atoms with E-state index in [4.69, 9.17) is 4.52 Å². The standard InChI is InChI=1S/C47H56FN6O7PS/c1-5-19-53(28(2)46(58)59)62(60,61-35-9-7-6-8-10-35)42(48)29-11-14-40-32(20-29)24-41(63-40)43(55)50-37-23-31-21-30(31)22-34-12-13-39(54(34)44(37)56)45(57)52-27-33(25-47(52)16-17-47)36-26-49-18-15-38(36)51(3)4/h6-11,14-15,18,20,24,26,28,30-31,33-34,37,39,42H,5,12-13,16-17,19,21-23,25,27H2,1-4H3,(H,50,55)(H,58,59)/t28-,30+,31-,33+,34+,37-,39-,42+,62+/m0/s1. The third kappa shape index (κ3) is 8.14. The van der Waals surface area contributed by atoms with Crippen LogP contribution in [0.5, 0.6) is 5.75 Å². The molecule has 3 saturated heterocycles. The van der Waals surface area contributed by atoms with Crippen molar-refractivity contribution in [2.45, 2.75) is 113 Å². The highest BCUT2D eigenvalue weighted by molar-refractivity contribution is 7.57. The second kappa shape index (κ2) is 16.9. The minimum Gasteiger partial charge on any atom is -0.480 e. The van der Waals surface area contributed by atoms with Crippen molar-refractivity contribution in [3.8, 4) is 5.75 Å². The number of nitrogens with one attached hydrogen (secondary N) is 1. The smallest absolute Gasteiger partial charge is 0.358 e. The summed E-state index contributed by atoms with van der Waals surface area (Å²) in [6.07, 6.45) is 10.6. The van der Waals surface area contributed by atoms with E-state index in [1.807, 2.05) is 31.3 Å². The molecule has 2 N–H and O–H groups in total. The number of halogens is 1. The fourth-order valence-electron chi connectivity index (χ4n) is 10.7. The van der Waals surface area contributed by atoms with E-state index in [1.165, 1.54) is 30.4 Å². The molecule has 13 nitrogen and oxygen atoms in total. The van der Waals surface area contributed by atoms with E-state index in [9.17, 15) is 28.8 Å². The molecule has 4 aromatic rings. The molecule has 5 heterocycles. The minimum absolute atomic E-state index is 0.0135. The van der Waals surface area contributed by atoms with Gasteiger partial charge in [-0.25, -0.2) is 9.06 Å². The molecule has 334 valence electrons. The third-order valence-corrected chi connectivity index (χ3v) is 17.9. The van der Waals surface area contributed by atoms with E-state index in [1.54, 1.807) is 55.6 Å². The van der Waals surface area contributed by atoms with E-state index in [0.717, 1.165) is 54.4 Å². The SMILES string of the molecule is CCCN([C@@H](C)C(=O)O)[P@](=O)(Oc1ccccc1)[C@@H](F)c1ccc2sc(C(=O)N[C@H]3C[C@@H]4C[C@@H]4C[C@H]4CC[C@@H](C(=O)N5C[C@H](c6cnccc6N(C)C)CC56CC6)N4C3=O)cc2c1. The van der Waals surface area contributed by atoms with Crippen LogP contribution in [0.1, 0.15) is 104 Å². The highest BCUT2D eigenvalue weighted by atomic mass is 32.1. The van der Waals surface area contributed by atoms with Gasteiger partial charge < -0.3 is 29.6 Å². The largest absolute Gasteiger partial charge is 0.480 e. The Morgan fingerprint density at radius 1 is 1.06 bits per heavy atom. The highest BCUT2D eigenvalue weighted by Crippen LogP contribution is 2.64. The van der Waals surface area contributed by atoms with Gasteiger partial charge in [-0.1, -0.05) is 31.2 Å². The zero-order valence-electron chi connectivity index (χ0n) is 36.2. The molecule has 2 aliphatic carbocycles. The van der Waals surface area contributed by atoms with Crippen LogP contribution in [0.25, 0.3) is 10.1 Å². The summed E-state index contributed by atoms with van der Waals surface area (Å²) in [7, 11) is -0.501. The van der Waals surface area contributed by atoms with Gasteiger partial charge in [0.25, 0.3) is 5.91 Å². The topological polar surface area (TPSA) is 153 Å². The maximum absolute atomic E-state index is 16.9. The van der Waals surface area contributed by atoms with Crippen LogP contribution in [0, 0.1) is 11.8 Å². The van der Waals surface area contributed by atoms with Crippen LogP contribution in [0.15, 0.2) is 73.1 Å². The molecule has 3 aliphatic heterocycles. The Labute approximate surface area is 371 Å². The first-order valence-corrected chi connectivity index (χ1v) is 24.7. The lowest BCUT2D eigenvalue weighted by molar-refractivity contribution is -0.148. The number of pyridine rings is 1. The van der Waals surface area contributed by atoms with E-state index in [2.05, 4.69) is 20.1 Å². The molecule has 0 radical (unpaired) electrons. The number of alkyl halides is 1. The first-order chi connectivity index (χ1) is 30.2. The van der Waals surface area contributed by atoms with Gasteiger partial charge in [-0.15, -0.1) is 11.3 Å². The van der Waals surface area contributed by atoms with Crippen molar-refractivity contribution < 1.29 is 37.8 Å². The fraction of sp³-hybridized carbons (Fsp3) is 0.511. The van der Waals surface area contributed by atoms with Crippen molar-refractivity contribution in [1.82, 2.24) is 24.8 Å². The summed E-state index contributed by atoms with van der Waals surface area (Å²) < 4.78 is 39.5. The maximum Gasteiger partial charge on any atom is 0.358 e. The number of aromatic nitrogens is 1. The normalized spacial score (nSPS) is 26.6. The van der Waals surface area contributed by atoms with Crippen molar-refractivity contribution in [3.05, 3.63) is 89.1 Å². The summed E-state index contributed by atoms with van der Waals surface area (Å²) in [6.45, 7) is 3.76. The molecule has 63 heavy (non-hydrogen) atoms. The van der Waals surface area contributed by atoms with Crippen molar-refractivity contribution >= 4 is 58.3 Å². The van der Waals surface area contributed by atoms with Gasteiger partial charge in [-0.3, -0.25) is 28.7 Å². The van der Waals surface area contributed by atoms with Gasteiger partial charge >= 0.3 is 13.5 Å². The van der Waals surface area contributed by atoms with E-state index >= 15 is 4.39 Å². The van der Waals surface area contributed by atoms with Crippen LogP contribution in [-0.2, 0) is 18.9 Å². The lowest BCUT2D eigenvalue weighted by Gasteiger charge is -2.37. The zero-order chi connectivity index (χ0) is 44.4. The Hall–Kier alpha value is -4.85. The number of rotatable bonds is 14. The van der Waals surface area contributed by atoms with E-state index in [-0.39, 0.29) is 47.2 Å². The van der Waals surface area contributed by atoms with Crippen molar-refractivity contribution in [3.63, 3.8) is 0 Å². The van der Waals surface area contributed by atoms with Gasteiger partial charge in [0, 0.05) is 67.5 Å². The van der Waals surface area contributed by atoms with Gasteiger partial charge in [0.05, 0.1) is 4.88 Å². The Balaban J connectivity index is 0.943. The number of fused-ring (bicyclic) bond motifs is 3. The van der Waals surface area contributed by atoms with Gasteiger partial charge in [0.2, 0.25) is 17.7 Å². The number of para-hydroxylation sites is 1. The van der Waals surface area contributed by atoms with E-state index in [0.29, 0.717) is 52.6 Å². The van der Waals surface area contributed by atoms with Gasteiger partial charge in [-0.05, 0) is 129 Å². The number of carbonyl (C=O) groups excluding carboxylic acids is 3. The molecule has 5 fully saturated rings. The molecule has 2 aromatic heterocycles. The molecule has 5 aliphatic rings. The molecule has 2 saturated carbocycles.